The van der Waals surface area contributed by atoms with Gasteiger partial charge in [0.1, 0.15) is 0 Å². The van der Waals surface area contributed by atoms with Gasteiger partial charge in [-0.3, -0.25) is 4.79 Å². The van der Waals surface area contributed by atoms with E-state index in [0.717, 1.165) is 47.5 Å². The number of Topliss-reactive ketones (excluding diaryl/α,β-unsaturated/α-hetero) is 1. The van der Waals surface area contributed by atoms with Crippen molar-refractivity contribution < 1.29 is 4.79 Å². The van der Waals surface area contributed by atoms with Gasteiger partial charge < -0.3 is 4.90 Å². The molecule has 0 aliphatic rings. The number of carbonyl (C=O) groups excluding carboxylic acids is 1. The topological polar surface area (TPSA) is 20.3 Å². The molecule has 0 aliphatic heterocycles. The molecule has 0 N–H and O–H groups in total. The third-order valence-electron chi connectivity index (χ3n) is 6.70. The van der Waals surface area contributed by atoms with Crippen molar-refractivity contribution in [1.82, 2.24) is 0 Å². The Balaban J connectivity index is 1.56. The number of anilines is 3. The second kappa shape index (κ2) is 11.0. The van der Waals surface area contributed by atoms with Crippen molar-refractivity contribution in [2.24, 2.45) is 0 Å². The van der Waals surface area contributed by atoms with Crippen LogP contribution < -0.4 is 4.90 Å². The lowest BCUT2D eigenvalue weighted by Gasteiger charge is -2.27. The van der Waals surface area contributed by atoms with Crippen molar-refractivity contribution in [2.75, 3.05) is 4.90 Å². The predicted molar refractivity (Wildman–Crippen MR) is 153 cm³/mol. The highest BCUT2D eigenvalue weighted by Crippen LogP contribution is 2.41. The van der Waals surface area contributed by atoms with E-state index in [1.54, 1.807) is 0 Å². The molecule has 2 heteroatoms. The van der Waals surface area contributed by atoms with Gasteiger partial charge >= 0.3 is 0 Å². The molecule has 0 fully saturated rings. The number of benzene rings is 5. The van der Waals surface area contributed by atoms with Crippen LogP contribution in [-0.4, -0.2) is 5.78 Å². The van der Waals surface area contributed by atoms with Gasteiger partial charge in [-0.1, -0.05) is 111 Å². The molecule has 0 unspecified atom stereocenters. The van der Waals surface area contributed by atoms with E-state index in [2.05, 4.69) is 109 Å². The molecule has 0 aromatic heterocycles. The molecule has 0 heterocycles. The van der Waals surface area contributed by atoms with E-state index in [0.29, 0.717) is 6.42 Å². The third-order valence-corrected chi connectivity index (χ3v) is 6.70. The van der Waals surface area contributed by atoms with Crippen LogP contribution in [0.2, 0.25) is 0 Å². The number of ketones is 1. The molecule has 5 aromatic rings. The van der Waals surface area contributed by atoms with Gasteiger partial charge in [-0.25, -0.2) is 0 Å². The number of rotatable bonds is 9. The lowest BCUT2D eigenvalue weighted by Crippen LogP contribution is -2.10. The molecule has 0 saturated heterocycles. The molecule has 0 atom stereocenters. The Hall–Kier alpha value is -4.17. The number of hydrogen-bond acceptors (Lipinski definition) is 2. The van der Waals surface area contributed by atoms with Gasteiger partial charge in [0.05, 0.1) is 5.69 Å². The van der Waals surface area contributed by atoms with E-state index in [9.17, 15) is 4.79 Å². The number of fused-ring (bicyclic) bond motifs is 1. The molecular formula is C34H31NO. The van der Waals surface area contributed by atoms with E-state index < -0.39 is 0 Å². The van der Waals surface area contributed by atoms with Crippen molar-refractivity contribution in [2.45, 2.75) is 32.6 Å². The summed E-state index contributed by atoms with van der Waals surface area (Å²) in [5, 5.41) is 2.37. The molecule has 0 saturated carbocycles. The number of hydrogen-bond donors (Lipinski definition) is 0. The Labute approximate surface area is 213 Å². The van der Waals surface area contributed by atoms with Gasteiger partial charge in [-0.05, 0) is 53.3 Å². The van der Waals surface area contributed by atoms with Gasteiger partial charge in [0, 0.05) is 28.7 Å². The molecule has 2 nitrogen and oxygen atoms in total. The van der Waals surface area contributed by atoms with E-state index in [1.807, 2.05) is 24.3 Å². The number of nitrogens with zero attached hydrogens (tertiary/aromatic N) is 1. The van der Waals surface area contributed by atoms with Crippen molar-refractivity contribution in [3.05, 3.63) is 127 Å². The first-order valence-electron chi connectivity index (χ1n) is 12.8. The van der Waals surface area contributed by atoms with Crippen LogP contribution in [0.25, 0.3) is 21.9 Å². The second-order valence-electron chi connectivity index (χ2n) is 9.14. The SMILES string of the molecule is CCCCCC(=O)c1ccc(-c2ccc(N(c3ccccc3)c3ccccc3)c3ccccc23)cc1. The average Bonchev–Trinajstić information content (AvgIpc) is 2.95. The van der Waals surface area contributed by atoms with E-state index in [-0.39, 0.29) is 5.78 Å². The minimum Gasteiger partial charge on any atom is -0.310 e. The maximum atomic E-state index is 12.6. The molecule has 0 amide bonds. The summed E-state index contributed by atoms with van der Waals surface area (Å²) in [4.78, 5) is 14.9. The summed E-state index contributed by atoms with van der Waals surface area (Å²) in [6.45, 7) is 2.16. The number of carbonyl (C=O) groups is 1. The molecule has 5 aromatic carbocycles. The highest BCUT2D eigenvalue weighted by molar-refractivity contribution is 6.06. The zero-order chi connectivity index (χ0) is 24.7. The summed E-state index contributed by atoms with van der Waals surface area (Å²) >= 11 is 0. The van der Waals surface area contributed by atoms with E-state index in [1.165, 1.54) is 16.3 Å². The van der Waals surface area contributed by atoms with Gasteiger partial charge in [0.2, 0.25) is 0 Å². The summed E-state index contributed by atoms with van der Waals surface area (Å²) in [5.41, 5.74) is 6.46. The van der Waals surface area contributed by atoms with Crippen molar-refractivity contribution in [1.29, 1.82) is 0 Å². The standard InChI is InChI=1S/C34H31NO/c1-2-3-6-19-34(36)27-22-20-26(21-23-27)30-24-25-33(32-18-12-11-17-31(30)32)35(28-13-7-4-8-14-28)29-15-9-5-10-16-29/h4-5,7-18,20-25H,2-3,6,19H2,1H3. The summed E-state index contributed by atoms with van der Waals surface area (Å²) < 4.78 is 0. The zero-order valence-corrected chi connectivity index (χ0v) is 20.7. The molecular weight excluding hydrogens is 438 g/mol. The fourth-order valence-corrected chi connectivity index (χ4v) is 4.83. The van der Waals surface area contributed by atoms with E-state index >= 15 is 0 Å². The van der Waals surface area contributed by atoms with Crippen LogP contribution in [0.1, 0.15) is 43.0 Å². The average molecular weight is 470 g/mol. The Kier molecular flexibility index (Phi) is 7.23. The first kappa shape index (κ1) is 23.6. The quantitative estimate of drug-likeness (QED) is 0.158. The van der Waals surface area contributed by atoms with Crippen LogP contribution in [-0.2, 0) is 0 Å². The Morgan fingerprint density at radius 3 is 1.81 bits per heavy atom. The molecule has 0 spiro atoms. The van der Waals surface area contributed by atoms with Crippen LogP contribution in [0.15, 0.2) is 121 Å². The minimum absolute atomic E-state index is 0.233. The largest absolute Gasteiger partial charge is 0.310 e. The maximum absolute atomic E-state index is 12.6. The van der Waals surface area contributed by atoms with Gasteiger partial charge in [-0.15, -0.1) is 0 Å². The summed E-state index contributed by atoms with van der Waals surface area (Å²) in [7, 11) is 0. The second-order valence-corrected chi connectivity index (χ2v) is 9.14. The smallest absolute Gasteiger partial charge is 0.162 e. The maximum Gasteiger partial charge on any atom is 0.162 e. The Bertz CT molecular complexity index is 1400. The first-order valence-corrected chi connectivity index (χ1v) is 12.8. The highest BCUT2D eigenvalue weighted by Gasteiger charge is 2.17. The minimum atomic E-state index is 0.233. The molecule has 0 bridgehead atoms. The third kappa shape index (κ3) is 4.94. The van der Waals surface area contributed by atoms with Gasteiger partial charge in [0.15, 0.2) is 5.78 Å². The molecule has 0 aliphatic carbocycles. The highest BCUT2D eigenvalue weighted by atomic mass is 16.1. The Morgan fingerprint density at radius 1 is 0.611 bits per heavy atom. The van der Waals surface area contributed by atoms with Crippen molar-refractivity contribution >= 4 is 33.6 Å². The zero-order valence-electron chi connectivity index (χ0n) is 20.7. The fraction of sp³-hybridized carbons (Fsp3) is 0.147. The summed E-state index contributed by atoms with van der Waals surface area (Å²) in [6.07, 6.45) is 3.81. The van der Waals surface area contributed by atoms with E-state index in [4.69, 9.17) is 0 Å². The summed E-state index contributed by atoms with van der Waals surface area (Å²) in [5.74, 6) is 0.233. The van der Waals surface area contributed by atoms with Gasteiger partial charge in [-0.2, -0.15) is 0 Å². The fourth-order valence-electron chi connectivity index (χ4n) is 4.83. The predicted octanol–water partition coefficient (Wildman–Crippen LogP) is 9.74. The first-order chi connectivity index (χ1) is 17.8. The Morgan fingerprint density at radius 2 is 1.19 bits per heavy atom. The van der Waals surface area contributed by atoms with Crippen LogP contribution >= 0.6 is 0 Å². The van der Waals surface area contributed by atoms with Crippen molar-refractivity contribution in [3.63, 3.8) is 0 Å². The lowest BCUT2D eigenvalue weighted by atomic mass is 9.95. The monoisotopic (exact) mass is 469 g/mol. The van der Waals surface area contributed by atoms with Gasteiger partial charge in [0.25, 0.3) is 0 Å². The molecule has 36 heavy (non-hydrogen) atoms. The molecule has 0 radical (unpaired) electrons. The summed E-state index contributed by atoms with van der Waals surface area (Å²) in [6, 6.07) is 42.1. The lowest BCUT2D eigenvalue weighted by molar-refractivity contribution is 0.0979. The molecule has 178 valence electrons. The molecule has 5 rings (SSSR count). The normalized spacial score (nSPS) is 10.9. The van der Waals surface area contributed by atoms with Crippen LogP contribution in [0, 0.1) is 0 Å². The van der Waals surface area contributed by atoms with Crippen molar-refractivity contribution in [3.8, 4) is 11.1 Å². The number of para-hydroxylation sites is 2. The van der Waals surface area contributed by atoms with Crippen LogP contribution in [0.3, 0.4) is 0 Å². The van der Waals surface area contributed by atoms with Crippen LogP contribution in [0.4, 0.5) is 17.1 Å². The number of unbranched alkanes of at least 4 members (excludes halogenated alkanes) is 2. The van der Waals surface area contributed by atoms with Crippen LogP contribution in [0.5, 0.6) is 0 Å².